The normalized spacial score (nSPS) is 20.5. The highest BCUT2D eigenvalue weighted by Gasteiger charge is 2.15. The van der Waals surface area contributed by atoms with Crippen LogP contribution in [0.3, 0.4) is 0 Å². The highest BCUT2D eigenvalue weighted by molar-refractivity contribution is 8.00. The number of nitrogens with one attached hydrogen (secondary N) is 1. The average Bonchev–Trinajstić information content (AvgIpc) is 2.72. The molecule has 1 fully saturated rings. The molecule has 0 amide bonds. The fourth-order valence-electron chi connectivity index (χ4n) is 1.52. The Bertz CT molecular complexity index is 341. The van der Waals surface area contributed by atoms with E-state index in [2.05, 4.69) is 15.3 Å². The van der Waals surface area contributed by atoms with Crippen molar-refractivity contribution in [3.63, 3.8) is 0 Å². The van der Waals surface area contributed by atoms with Gasteiger partial charge in [0.2, 0.25) is 5.95 Å². The number of thioether (sulfide) groups is 1. The van der Waals surface area contributed by atoms with Crippen molar-refractivity contribution in [1.82, 2.24) is 9.97 Å². The van der Waals surface area contributed by atoms with E-state index in [0.29, 0.717) is 16.1 Å². The lowest BCUT2D eigenvalue weighted by Crippen LogP contribution is -2.15. The minimum absolute atomic E-state index is 0.251. The van der Waals surface area contributed by atoms with Crippen molar-refractivity contribution < 1.29 is 0 Å². The molecule has 2 rings (SSSR count). The first-order valence-corrected chi connectivity index (χ1v) is 6.32. The zero-order valence-electron chi connectivity index (χ0n) is 8.24. The molecular weight excluding hydrogens is 232 g/mol. The summed E-state index contributed by atoms with van der Waals surface area (Å²) in [4.78, 5) is 7.86. The van der Waals surface area contributed by atoms with Crippen LogP contribution in [0.1, 0.15) is 12.8 Å². The van der Waals surface area contributed by atoms with Gasteiger partial charge in [-0.05, 0) is 18.6 Å². The summed E-state index contributed by atoms with van der Waals surface area (Å²) in [6, 6.07) is 0. The van der Waals surface area contributed by atoms with Crippen LogP contribution >= 0.6 is 23.4 Å². The van der Waals surface area contributed by atoms with Gasteiger partial charge in [-0.15, -0.1) is 0 Å². The number of halogens is 1. The number of anilines is 2. The van der Waals surface area contributed by atoms with Crippen molar-refractivity contribution >= 4 is 35.1 Å². The number of aromatic nitrogens is 2. The molecule has 3 N–H and O–H groups in total. The van der Waals surface area contributed by atoms with Crippen LogP contribution in [0.15, 0.2) is 6.20 Å². The van der Waals surface area contributed by atoms with E-state index in [-0.39, 0.29) is 5.95 Å². The van der Waals surface area contributed by atoms with Gasteiger partial charge in [0.05, 0.1) is 6.20 Å². The molecule has 0 aromatic carbocycles. The van der Waals surface area contributed by atoms with E-state index in [1.54, 1.807) is 0 Å². The van der Waals surface area contributed by atoms with Crippen LogP contribution in [0.25, 0.3) is 0 Å². The number of rotatable bonds is 3. The first kappa shape index (κ1) is 10.8. The monoisotopic (exact) mass is 244 g/mol. The van der Waals surface area contributed by atoms with Gasteiger partial charge >= 0.3 is 0 Å². The molecule has 0 aliphatic carbocycles. The van der Waals surface area contributed by atoms with Crippen LogP contribution in [-0.2, 0) is 0 Å². The van der Waals surface area contributed by atoms with E-state index in [4.69, 9.17) is 17.3 Å². The third-order valence-electron chi connectivity index (χ3n) is 2.28. The maximum atomic E-state index is 5.93. The van der Waals surface area contributed by atoms with Gasteiger partial charge in [-0.3, -0.25) is 0 Å². The van der Waals surface area contributed by atoms with Gasteiger partial charge in [0.1, 0.15) is 5.02 Å². The molecular formula is C9H13ClN4S. The molecule has 1 atom stereocenters. The average molecular weight is 245 g/mol. The van der Waals surface area contributed by atoms with Crippen LogP contribution in [0.2, 0.25) is 5.02 Å². The second-order valence-electron chi connectivity index (χ2n) is 3.44. The van der Waals surface area contributed by atoms with E-state index >= 15 is 0 Å². The molecule has 0 bridgehead atoms. The van der Waals surface area contributed by atoms with Gasteiger partial charge in [0.25, 0.3) is 0 Å². The summed E-state index contributed by atoms with van der Waals surface area (Å²) in [7, 11) is 0. The molecule has 0 radical (unpaired) electrons. The molecule has 1 aromatic rings. The van der Waals surface area contributed by atoms with Crippen molar-refractivity contribution in [3.05, 3.63) is 11.2 Å². The standard InChI is InChI=1S/C9H13ClN4S/c10-7-5-13-9(11)14-8(7)12-4-6-2-1-3-15-6/h5-6H,1-4H2,(H3,11,12,13,14). The summed E-state index contributed by atoms with van der Waals surface area (Å²) < 4.78 is 0. The second-order valence-corrected chi connectivity index (χ2v) is 5.26. The fraction of sp³-hybridized carbons (Fsp3) is 0.556. The molecule has 0 saturated carbocycles. The van der Waals surface area contributed by atoms with Crippen molar-refractivity contribution in [2.24, 2.45) is 0 Å². The highest BCUT2D eigenvalue weighted by Crippen LogP contribution is 2.27. The predicted octanol–water partition coefficient (Wildman–Crippen LogP) is 2.02. The Hall–Kier alpha value is -0.680. The van der Waals surface area contributed by atoms with Gasteiger partial charge in [-0.25, -0.2) is 4.98 Å². The summed E-state index contributed by atoms with van der Waals surface area (Å²) in [5.41, 5.74) is 5.49. The minimum atomic E-state index is 0.251. The third-order valence-corrected chi connectivity index (χ3v) is 3.96. The van der Waals surface area contributed by atoms with E-state index in [0.717, 1.165) is 6.54 Å². The molecule has 6 heteroatoms. The molecule has 82 valence electrons. The van der Waals surface area contributed by atoms with Crippen LogP contribution in [0.4, 0.5) is 11.8 Å². The summed E-state index contributed by atoms with van der Waals surface area (Å²) in [6.07, 6.45) is 4.08. The summed E-state index contributed by atoms with van der Waals surface area (Å²) in [6.45, 7) is 0.890. The molecule has 1 aliphatic heterocycles. The molecule has 2 heterocycles. The number of hydrogen-bond donors (Lipinski definition) is 2. The highest BCUT2D eigenvalue weighted by atomic mass is 35.5. The smallest absolute Gasteiger partial charge is 0.222 e. The quantitative estimate of drug-likeness (QED) is 0.852. The minimum Gasteiger partial charge on any atom is -0.368 e. The summed E-state index contributed by atoms with van der Waals surface area (Å²) in [5.74, 6) is 2.14. The lowest BCUT2D eigenvalue weighted by molar-refractivity contribution is 0.803. The summed E-state index contributed by atoms with van der Waals surface area (Å²) in [5, 5.41) is 4.40. The lowest BCUT2D eigenvalue weighted by Gasteiger charge is -2.11. The summed E-state index contributed by atoms with van der Waals surface area (Å²) >= 11 is 7.92. The fourth-order valence-corrected chi connectivity index (χ4v) is 2.88. The van der Waals surface area contributed by atoms with Crippen molar-refractivity contribution in [1.29, 1.82) is 0 Å². The third kappa shape index (κ3) is 2.89. The van der Waals surface area contributed by atoms with Gasteiger partial charge in [0, 0.05) is 11.8 Å². The Labute approximate surface area is 98.0 Å². The molecule has 1 unspecified atom stereocenters. The lowest BCUT2D eigenvalue weighted by atomic mass is 10.2. The number of nitrogens with two attached hydrogens (primary N) is 1. The van der Waals surface area contributed by atoms with Gasteiger partial charge in [-0.1, -0.05) is 11.6 Å². The SMILES string of the molecule is Nc1ncc(Cl)c(NCC2CCCS2)n1. The Morgan fingerprint density at radius 1 is 1.67 bits per heavy atom. The van der Waals surface area contributed by atoms with Crippen LogP contribution in [-0.4, -0.2) is 27.5 Å². The number of nitrogens with zero attached hydrogens (tertiary/aromatic N) is 2. The van der Waals surface area contributed by atoms with Gasteiger partial charge < -0.3 is 11.1 Å². The van der Waals surface area contributed by atoms with Crippen LogP contribution in [0.5, 0.6) is 0 Å². The molecule has 0 spiro atoms. The van der Waals surface area contributed by atoms with Crippen molar-refractivity contribution in [3.8, 4) is 0 Å². The maximum Gasteiger partial charge on any atom is 0.222 e. The molecule has 4 nitrogen and oxygen atoms in total. The Balaban J connectivity index is 1.94. The first-order chi connectivity index (χ1) is 7.25. The van der Waals surface area contributed by atoms with Crippen molar-refractivity contribution in [2.75, 3.05) is 23.3 Å². The van der Waals surface area contributed by atoms with E-state index in [1.165, 1.54) is 24.8 Å². The Morgan fingerprint density at radius 2 is 2.53 bits per heavy atom. The van der Waals surface area contributed by atoms with Gasteiger partial charge in [-0.2, -0.15) is 16.7 Å². The van der Waals surface area contributed by atoms with E-state index in [1.807, 2.05) is 11.8 Å². The number of hydrogen-bond acceptors (Lipinski definition) is 5. The van der Waals surface area contributed by atoms with Crippen LogP contribution in [0, 0.1) is 0 Å². The molecule has 15 heavy (non-hydrogen) atoms. The largest absolute Gasteiger partial charge is 0.368 e. The second kappa shape index (κ2) is 4.90. The van der Waals surface area contributed by atoms with Gasteiger partial charge in [0.15, 0.2) is 5.82 Å². The van der Waals surface area contributed by atoms with Crippen LogP contribution < -0.4 is 11.1 Å². The Kier molecular flexibility index (Phi) is 3.53. The predicted molar refractivity (Wildman–Crippen MR) is 65.4 cm³/mol. The van der Waals surface area contributed by atoms with E-state index in [9.17, 15) is 0 Å². The molecule has 1 saturated heterocycles. The Morgan fingerprint density at radius 3 is 3.27 bits per heavy atom. The van der Waals surface area contributed by atoms with E-state index < -0.39 is 0 Å². The molecule has 1 aliphatic rings. The number of nitrogen functional groups attached to an aromatic ring is 1. The zero-order valence-corrected chi connectivity index (χ0v) is 9.81. The maximum absolute atomic E-state index is 5.93. The first-order valence-electron chi connectivity index (χ1n) is 4.89. The zero-order chi connectivity index (χ0) is 10.7. The van der Waals surface area contributed by atoms with Crippen molar-refractivity contribution in [2.45, 2.75) is 18.1 Å². The molecule has 1 aromatic heterocycles. The topological polar surface area (TPSA) is 63.8 Å².